The lowest BCUT2D eigenvalue weighted by Crippen LogP contribution is -2.19. The third-order valence-electron chi connectivity index (χ3n) is 3.58. The zero-order chi connectivity index (χ0) is 20.6. The number of nitrogens with zero attached hydrogens (tertiary/aromatic N) is 3. The zero-order valence-electron chi connectivity index (χ0n) is 15.3. The van der Waals surface area contributed by atoms with E-state index in [0.29, 0.717) is 4.34 Å². The topological polar surface area (TPSA) is 67.2 Å². The van der Waals surface area contributed by atoms with Crippen LogP contribution in [0.4, 0.5) is 4.39 Å². The largest absolute Gasteiger partial charge is 0.272 e. The fourth-order valence-electron chi connectivity index (χ4n) is 2.11. The van der Waals surface area contributed by atoms with E-state index in [9.17, 15) is 9.18 Å². The predicted molar refractivity (Wildman–Crippen MR) is 119 cm³/mol. The number of carbonyl (C=O) groups is 1. The Morgan fingerprint density at radius 3 is 2.66 bits per heavy atom. The van der Waals surface area contributed by atoms with Crippen LogP contribution in [0.5, 0.6) is 0 Å². The van der Waals surface area contributed by atoms with Gasteiger partial charge in [0.2, 0.25) is 0 Å². The third-order valence-corrected chi connectivity index (χ3v) is 7.17. The standard InChI is InChI=1S/C19H16ClFN4OS3/c1-12-5-7-13(8-6-12)10-27-18-24-25-19(29-18)28-11-17(26)23-22-9-14-15(20)3-2-4-16(14)21/h2-9H,10-11H2,1H3,(H,23,26)/b22-9-. The zero-order valence-corrected chi connectivity index (χ0v) is 18.5. The Morgan fingerprint density at radius 1 is 1.21 bits per heavy atom. The minimum absolute atomic E-state index is 0.125. The molecule has 0 bridgehead atoms. The van der Waals surface area contributed by atoms with Gasteiger partial charge in [-0.3, -0.25) is 4.79 Å². The van der Waals surface area contributed by atoms with Crippen LogP contribution in [0.25, 0.3) is 0 Å². The molecule has 0 fully saturated rings. The van der Waals surface area contributed by atoms with Gasteiger partial charge in [-0.1, -0.05) is 82.4 Å². The summed E-state index contributed by atoms with van der Waals surface area (Å²) in [6.45, 7) is 2.06. The van der Waals surface area contributed by atoms with Crippen LogP contribution >= 0.6 is 46.5 Å². The van der Waals surface area contributed by atoms with Crippen molar-refractivity contribution < 1.29 is 9.18 Å². The molecule has 29 heavy (non-hydrogen) atoms. The molecule has 0 aliphatic rings. The van der Waals surface area contributed by atoms with Crippen molar-refractivity contribution in [2.24, 2.45) is 5.10 Å². The van der Waals surface area contributed by atoms with Crippen LogP contribution in [0.3, 0.4) is 0 Å². The normalized spacial score (nSPS) is 11.1. The fraction of sp³-hybridized carbons (Fsp3) is 0.158. The first-order valence-electron chi connectivity index (χ1n) is 8.42. The van der Waals surface area contributed by atoms with Gasteiger partial charge in [0.15, 0.2) is 8.68 Å². The average molecular weight is 467 g/mol. The summed E-state index contributed by atoms with van der Waals surface area (Å²) in [4.78, 5) is 11.9. The number of aryl methyl sites for hydroxylation is 1. The lowest BCUT2D eigenvalue weighted by Gasteiger charge is -2.00. The van der Waals surface area contributed by atoms with Crippen LogP contribution in [-0.2, 0) is 10.5 Å². The molecule has 0 saturated carbocycles. The summed E-state index contributed by atoms with van der Waals surface area (Å²) in [5, 5.41) is 12.2. The highest BCUT2D eigenvalue weighted by atomic mass is 35.5. The summed E-state index contributed by atoms with van der Waals surface area (Å²) < 4.78 is 15.2. The first-order chi connectivity index (χ1) is 14.0. The highest BCUT2D eigenvalue weighted by Crippen LogP contribution is 2.30. The van der Waals surface area contributed by atoms with Crippen molar-refractivity contribution in [2.75, 3.05) is 5.75 Å². The van der Waals surface area contributed by atoms with E-state index in [0.717, 1.165) is 10.1 Å². The number of hydrazone groups is 1. The number of aromatic nitrogens is 2. The van der Waals surface area contributed by atoms with Gasteiger partial charge in [0, 0.05) is 11.3 Å². The Kier molecular flexibility index (Phi) is 8.05. The Hall–Kier alpha value is -1.94. The highest BCUT2D eigenvalue weighted by Gasteiger charge is 2.09. The molecule has 10 heteroatoms. The van der Waals surface area contributed by atoms with Crippen molar-refractivity contribution in [2.45, 2.75) is 21.4 Å². The van der Waals surface area contributed by atoms with Gasteiger partial charge in [0.1, 0.15) is 5.82 Å². The number of amides is 1. The molecule has 150 valence electrons. The second-order valence-corrected chi connectivity index (χ2v) is 9.65. The van der Waals surface area contributed by atoms with E-state index < -0.39 is 5.82 Å². The van der Waals surface area contributed by atoms with Crippen LogP contribution in [0, 0.1) is 12.7 Å². The highest BCUT2D eigenvalue weighted by molar-refractivity contribution is 8.03. The Labute approximate surface area is 185 Å². The minimum Gasteiger partial charge on any atom is -0.272 e. The monoisotopic (exact) mass is 466 g/mol. The summed E-state index contributed by atoms with van der Waals surface area (Å²) in [5.74, 6) is 0.102. The Bertz CT molecular complexity index is 991. The van der Waals surface area contributed by atoms with E-state index in [1.807, 2.05) is 0 Å². The van der Waals surface area contributed by atoms with Gasteiger partial charge < -0.3 is 0 Å². The lowest BCUT2D eigenvalue weighted by atomic mass is 10.2. The molecule has 0 unspecified atom stereocenters. The van der Waals surface area contributed by atoms with Crippen LogP contribution in [0.15, 0.2) is 56.2 Å². The Balaban J connectivity index is 1.43. The van der Waals surface area contributed by atoms with Crippen molar-refractivity contribution >= 4 is 58.6 Å². The van der Waals surface area contributed by atoms with Crippen molar-refractivity contribution in [3.8, 4) is 0 Å². The van der Waals surface area contributed by atoms with E-state index in [-0.39, 0.29) is 22.2 Å². The summed E-state index contributed by atoms with van der Waals surface area (Å²) in [6, 6.07) is 12.7. The quantitative estimate of drug-likeness (QED) is 0.281. The van der Waals surface area contributed by atoms with Gasteiger partial charge in [0.05, 0.1) is 17.0 Å². The van der Waals surface area contributed by atoms with Gasteiger partial charge in [-0.25, -0.2) is 9.82 Å². The maximum Gasteiger partial charge on any atom is 0.250 e. The summed E-state index contributed by atoms with van der Waals surface area (Å²) >= 11 is 10.2. The van der Waals surface area contributed by atoms with E-state index in [1.165, 1.54) is 52.6 Å². The molecular weight excluding hydrogens is 451 g/mol. The van der Waals surface area contributed by atoms with Crippen molar-refractivity contribution in [3.05, 3.63) is 70.0 Å². The molecule has 1 N–H and O–H groups in total. The molecule has 0 aliphatic carbocycles. The van der Waals surface area contributed by atoms with Gasteiger partial charge in [0.25, 0.3) is 5.91 Å². The molecule has 2 aromatic carbocycles. The number of hydrogen-bond donors (Lipinski definition) is 1. The fourth-order valence-corrected chi connectivity index (χ4v) is 5.09. The van der Waals surface area contributed by atoms with Crippen LogP contribution < -0.4 is 5.43 Å². The van der Waals surface area contributed by atoms with Gasteiger partial charge in [-0.05, 0) is 24.6 Å². The number of benzene rings is 2. The number of nitrogens with one attached hydrogen (secondary N) is 1. The van der Waals surface area contributed by atoms with E-state index in [4.69, 9.17) is 11.6 Å². The molecule has 3 rings (SSSR count). The van der Waals surface area contributed by atoms with Crippen LogP contribution in [-0.4, -0.2) is 28.1 Å². The molecule has 3 aromatic rings. The number of halogens is 2. The first-order valence-corrected chi connectivity index (χ1v) is 11.6. The second kappa shape index (κ2) is 10.7. The van der Waals surface area contributed by atoms with Gasteiger partial charge in [-0.15, -0.1) is 10.2 Å². The summed E-state index contributed by atoms with van der Waals surface area (Å²) in [7, 11) is 0. The van der Waals surface area contributed by atoms with Crippen LogP contribution in [0.2, 0.25) is 5.02 Å². The molecule has 0 atom stereocenters. The molecule has 1 aromatic heterocycles. The van der Waals surface area contributed by atoms with Crippen molar-refractivity contribution in [1.29, 1.82) is 0 Å². The number of rotatable bonds is 8. The Morgan fingerprint density at radius 2 is 1.93 bits per heavy atom. The van der Waals surface area contributed by atoms with Crippen molar-refractivity contribution in [3.63, 3.8) is 0 Å². The molecule has 1 heterocycles. The van der Waals surface area contributed by atoms with Crippen LogP contribution in [0.1, 0.15) is 16.7 Å². The van der Waals surface area contributed by atoms with E-state index in [2.05, 4.69) is 51.9 Å². The molecule has 0 spiro atoms. The molecule has 0 radical (unpaired) electrons. The van der Waals surface area contributed by atoms with Gasteiger partial charge in [-0.2, -0.15) is 5.10 Å². The smallest absolute Gasteiger partial charge is 0.250 e. The lowest BCUT2D eigenvalue weighted by molar-refractivity contribution is -0.118. The van der Waals surface area contributed by atoms with E-state index in [1.54, 1.807) is 17.8 Å². The van der Waals surface area contributed by atoms with E-state index >= 15 is 0 Å². The third kappa shape index (κ3) is 6.81. The number of thioether (sulfide) groups is 2. The molecule has 0 aliphatic heterocycles. The average Bonchev–Trinajstić information content (AvgIpc) is 3.16. The van der Waals surface area contributed by atoms with Crippen molar-refractivity contribution in [1.82, 2.24) is 15.6 Å². The minimum atomic E-state index is -0.505. The SMILES string of the molecule is Cc1ccc(CSc2nnc(SCC(=O)N/N=C\c3c(F)cccc3Cl)s2)cc1. The molecule has 1 amide bonds. The predicted octanol–water partition coefficient (Wildman–Crippen LogP) is 5.17. The second-order valence-electron chi connectivity index (χ2n) is 5.83. The molecule has 5 nitrogen and oxygen atoms in total. The van der Waals surface area contributed by atoms with Gasteiger partial charge >= 0.3 is 0 Å². The maximum atomic E-state index is 13.6. The summed E-state index contributed by atoms with van der Waals surface area (Å²) in [5.41, 5.74) is 4.93. The maximum absolute atomic E-state index is 13.6. The summed E-state index contributed by atoms with van der Waals surface area (Å²) in [6.07, 6.45) is 1.19. The molecule has 0 saturated heterocycles. The molecular formula is C19H16ClFN4OS3. The number of carbonyl (C=O) groups excluding carboxylic acids is 1. The first kappa shape index (κ1) is 21.8. The number of hydrogen-bond acceptors (Lipinski definition) is 7.